The summed E-state index contributed by atoms with van der Waals surface area (Å²) in [5.41, 5.74) is 1.67. The largest absolute Gasteiger partial charge is 0.503 e. The minimum atomic E-state index is -0.659. The van der Waals surface area contributed by atoms with Crippen LogP contribution < -0.4 is 0 Å². The standard InChI is InChI=1S/C25H27N3O4/c29-21(10-9-19-6-2-1-3-7-19)22-23(20-8-4-11-26-18-20)28(25(31)24(22)30)13-5-12-27-14-16-32-17-15-27/h1-4,6-11,18,23,30H,5,12-17H2/b10-9+/t23-/m0/s1. The Morgan fingerprint density at radius 1 is 1.12 bits per heavy atom. The number of amides is 1. The first-order valence-electron chi connectivity index (χ1n) is 10.9. The van der Waals surface area contributed by atoms with E-state index >= 15 is 0 Å². The Balaban J connectivity index is 1.54. The van der Waals surface area contributed by atoms with E-state index in [9.17, 15) is 14.7 Å². The normalized spacial score (nSPS) is 19.8. The SMILES string of the molecule is O=C(/C=C/c1ccccc1)C1=C(O)C(=O)N(CCCN2CCOCC2)[C@H]1c1cccnc1. The number of aliphatic hydroxyl groups is 1. The summed E-state index contributed by atoms with van der Waals surface area (Å²) in [5.74, 6) is -1.38. The second kappa shape index (κ2) is 10.3. The number of hydrogen-bond donors (Lipinski definition) is 1. The number of nitrogens with zero attached hydrogens (tertiary/aromatic N) is 3. The molecule has 7 heteroatoms. The number of morpholine rings is 1. The fourth-order valence-corrected chi connectivity index (χ4v) is 4.14. The topological polar surface area (TPSA) is 83.0 Å². The van der Waals surface area contributed by atoms with E-state index in [1.165, 1.54) is 6.08 Å². The van der Waals surface area contributed by atoms with Gasteiger partial charge in [0.1, 0.15) is 0 Å². The summed E-state index contributed by atoms with van der Waals surface area (Å²) < 4.78 is 5.38. The summed E-state index contributed by atoms with van der Waals surface area (Å²) in [5, 5.41) is 10.7. The molecule has 1 atom stereocenters. The number of hydrogen-bond acceptors (Lipinski definition) is 6. The van der Waals surface area contributed by atoms with Crippen LogP contribution in [-0.4, -0.2) is 71.0 Å². The molecular formula is C25H27N3O4. The lowest BCUT2D eigenvalue weighted by Crippen LogP contribution is -2.39. The zero-order valence-corrected chi connectivity index (χ0v) is 17.9. The van der Waals surface area contributed by atoms with Crippen molar-refractivity contribution in [2.24, 2.45) is 0 Å². The zero-order chi connectivity index (χ0) is 22.3. The molecule has 1 aromatic heterocycles. The number of ketones is 1. The number of ether oxygens (including phenoxy) is 1. The van der Waals surface area contributed by atoms with E-state index in [2.05, 4.69) is 9.88 Å². The number of pyridine rings is 1. The van der Waals surface area contributed by atoms with Crippen molar-refractivity contribution >= 4 is 17.8 Å². The van der Waals surface area contributed by atoms with Gasteiger partial charge in [-0.2, -0.15) is 0 Å². The van der Waals surface area contributed by atoms with E-state index < -0.39 is 17.7 Å². The Bertz CT molecular complexity index is 998. The molecule has 32 heavy (non-hydrogen) atoms. The van der Waals surface area contributed by atoms with Gasteiger partial charge in [-0.15, -0.1) is 0 Å². The van der Waals surface area contributed by atoms with Gasteiger partial charge < -0.3 is 14.7 Å². The zero-order valence-electron chi connectivity index (χ0n) is 17.9. The van der Waals surface area contributed by atoms with E-state index in [1.807, 2.05) is 36.4 Å². The van der Waals surface area contributed by atoms with Crippen molar-refractivity contribution in [3.63, 3.8) is 0 Å². The molecule has 4 rings (SSSR count). The first-order valence-corrected chi connectivity index (χ1v) is 10.9. The number of carbonyl (C=O) groups excluding carboxylic acids is 2. The molecule has 1 saturated heterocycles. The molecule has 0 spiro atoms. The van der Waals surface area contributed by atoms with Crippen LogP contribution >= 0.6 is 0 Å². The van der Waals surface area contributed by atoms with Crippen molar-refractivity contribution < 1.29 is 19.4 Å². The van der Waals surface area contributed by atoms with Crippen LogP contribution in [0.1, 0.15) is 23.6 Å². The van der Waals surface area contributed by atoms with Gasteiger partial charge in [-0.3, -0.25) is 19.5 Å². The molecule has 1 fully saturated rings. The first kappa shape index (κ1) is 21.9. The Morgan fingerprint density at radius 3 is 2.62 bits per heavy atom. The Kier molecular flexibility index (Phi) is 7.09. The molecule has 0 aliphatic carbocycles. The van der Waals surface area contributed by atoms with Crippen LogP contribution in [0.2, 0.25) is 0 Å². The van der Waals surface area contributed by atoms with Crippen molar-refractivity contribution in [1.82, 2.24) is 14.8 Å². The highest BCUT2D eigenvalue weighted by molar-refractivity contribution is 6.14. The van der Waals surface area contributed by atoms with Crippen LogP contribution in [0.15, 0.2) is 72.3 Å². The summed E-state index contributed by atoms with van der Waals surface area (Å²) in [6.45, 7) is 4.43. The summed E-state index contributed by atoms with van der Waals surface area (Å²) in [7, 11) is 0. The van der Waals surface area contributed by atoms with Gasteiger partial charge in [-0.1, -0.05) is 42.5 Å². The quantitative estimate of drug-likeness (QED) is 0.645. The highest BCUT2D eigenvalue weighted by atomic mass is 16.5. The van der Waals surface area contributed by atoms with Crippen molar-refractivity contribution in [3.05, 3.63) is 83.4 Å². The van der Waals surface area contributed by atoms with Gasteiger partial charge in [0, 0.05) is 38.6 Å². The van der Waals surface area contributed by atoms with Gasteiger partial charge in [-0.05, 0) is 29.7 Å². The van der Waals surface area contributed by atoms with E-state index in [1.54, 1.807) is 29.4 Å². The third-order valence-electron chi connectivity index (χ3n) is 5.77. The lowest BCUT2D eigenvalue weighted by molar-refractivity contribution is -0.129. The van der Waals surface area contributed by atoms with Crippen LogP contribution in [0, 0.1) is 0 Å². The molecule has 3 heterocycles. The molecule has 1 aromatic carbocycles. The molecule has 1 amide bonds. The Hall–Kier alpha value is -3.29. The van der Waals surface area contributed by atoms with Gasteiger partial charge in [0.2, 0.25) is 0 Å². The molecule has 0 unspecified atom stereocenters. The summed E-state index contributed by atoms with van der Waals surface area (Å²) in [4.78, 5) is 34.1. The number of benzene rings is 1. The molecule has 2 aliphatic heterocycles. The maximum Gasteiger partial charge on any atom is 0.290 e. The Labute approximate surface area is 187 Å². The highest BCUT2D eigenvalue weighted by Gasteiger charge is 2.42. The van der Waals surface area contributed by atoms with Crippen LogP contribution in [0.5, 0.6) is 0 Å². The molecular weight excluding hydrogens is 406 g/mol. The van der Waals surface area contributed by atoms with E-state index in [0.717, 1.165) is 44.8 Å². The molecule has 2 aromatic rings. The monoisotopic (exact) mass is 433 g/mol. The van der Waals surface area contributed by atoms with Crippen molar-refractivity contribution in [2.75, 3.05) is 39.4 Å². The predicted octanol–water partition coefficient (Wildman–Crippen LogP) is 2.78. The molecule has 1 N–H and O–H groups in total. The van der Waals surface area contributed by atoms with Crippen LogP contribution in [0.4, 0.5) is 0 Å². The molecule has 7 nitrogen and oxygen atoms in total. The Morgan fingerprint density at radius 2 is 1.91 bits per heavy atom. The van der Waals surface area contributed by atoms with Crippen LogP contribution in [0.25, 0.3) is 6.08 Å². The number of aromatic nitrogens is 1. The third kappa shape index (κ3) is 4.95. The first-order chi connectivity index (χ1) is 15.6. The molecule has 166 valence electrons. The molecule has 0 bridgehead atoms. The average Bonchev–Trinajstić information content (AvgIpc) is 3.09. The highest BCUT2D eigenvalue weighted by Crippen LogP contribution is 2.37. The number of carbonyl (C=O) groups is 2. The predicted molar refractivity (Wildman–Crippen MR) is 121 cm³/mol. The number of allylic oxidation sites excluding steroid dienone is 1. The second-order valence-electron chi connectivity index (χ2n) is 7.87. The fourth-order valence-electron chi connectivity index (χ4n) is 4.14. The van der Waals surface area contributed by atoms with Gasteiger partial charge in [0.25, 0.3) is 5.91 Å². The van der Waals surface area contributed by atoms with Gasteiger partial charge in [0.15, 0.2) is 11.5 Å². The number of aliphatic hydroxyl groups excluding tert-OH is 1. The van der Waals surface area contributed by atoms with Crippen LogP contribution in [-0.2, 0) is 14.3 Å². The van der Waals surface area contributed by atoms with Gasteiger partial charge in [0.05, 0.1) is 24.8 Å². The maximum absolute atomic E-state index is 13.1. The van der Waals surface area contributed by atoms with Crippen molar-refractivity contribution in [3.8, 4) is 0 Å². The van der Waals surface area contributed by atoms with Gasteiger partial charge in [-0.25, -0.2) is 0 Å². The molecule has 2 aliphatic rings. The summed E-state index contributed by atoms with van der Waals surface area (Å²) >= 11 is 0. The second-order valence-corrected chi connectivity index (χ2v) is 7.87. The van der Waals surface area contributed by atoms with E-state index in [4.69, 9.17) is 4.74 Å². The minimum absolute atomic E-state index is 0.0987. The lowest BCUT2D eigenvalue weighted by atomic mass is 9.96. The molecule has 0 radical (unpaired) electrons. The minimum Gasteiger partial charge on any atom is -0.503 e. The fraction of sp³-hybridized carbons (Fsp3) is 0.320. The smallest absolute Gasteiger partial charge is 0.290 e. The average molecular weight is 434 g/mol. The van der Waals surface area contributed by atoms with Crippen LogP contribution in [0.3, 0.4) is 0 Å². The maximum atomic E-state index is 13.1. The summed E-state index contributed by atoms with van der Waals surface area (Å²) in [6, 6.07) is 12.4. The van der Waals surface area contributed by atoms with E-state index in [-0.39, 0.29) is 11.4 Å². The summed E-state index contributed by atoms with van der Waals surface area (Å²) in [6.07, 6.45) is 7.11. The third-order valence-corrected chi connectivity index (χ3v) is 5.77. The molecule has 0 saturated carbocycles. The van der Waals surface area contributed by atoms with E-state index in [0.29, 0.717) is 12.1 Å². The van der Waals surface area contributed by atoms with Crippen molar-refractivity contribution in [1.29, 1.82) is 0 Å². The number of rotatable bonds is 8. The lowest BCUT2D eigenvalue weighted by Gasteiger charge is -2.29. The van der Waals surface area contributed by atoms with Gasteiger partial charge >= 0.3 is 0 Å². The van der Waals surface area contributed by atoms with Crippen molar-refractivity contribution in [2.45, 2.75) is 12.5 Å².